The molecule has 5 nitrogen and oxygen atoms in total. The van der Waals surface area contributed by atoms with Gasteiger partial charge >= 0.3 is 5.97 Å². The molecule has 1 amide bonds. The maximum absolute atomic E-state index is 12.0. The molecule has 0 aromatic heterocycles. The number of rotatable bonds is 6. The Morgan fingerprint density at radius 2 is 1.80 bits per heavy atom. The Labute approximate surface area is 120 Å². The van der Waals surface area contributed by atoms with Crippen molar-refractivity contribution in [3.63, 3.8) is 0 Å². The van der Waals surface area contributed by atoms with Crippen LogP contribution < -0.4 is 5.32 Å². The highest BCUT2D eigenvalue weighted by atomic mass is 16.4. The molecule has 20 heavy (non-hydrogen) atoms. The Bertz CT molecular complexity index is 358. The predicted octanol–water partition coefficient (Wildman–Crippen LogP) is 1.62. The van der Waals surface area contributed by atoms with Crippen molar-refractivity contribution < 1.29 is 14.7 Å². The molecule has 1 aliphatic carbocycles. The molecular formula is C15H26N2O3. The Balaban J connectivity index is 1.78. The summed E-state index contributed by atoms with van der Waals surface area (Å²) in [5.74, 6) is -0.918. The van der Waals surface area contributed by atoms with Crippen molar-refractivity contribution in [2.45, 2.75) is 57.9 Å². The highest BCUT2D eigenvalue weighted by Crippen LogP contribution is 2.41. The van der Waals surface area contributed by atoms with E-state index in [1.54, 1.807) is 0 Å². The second-order valence-electron chi connectivity index (χ2n) is 6.37. The normalized spacial score (nSPS) is 23.6. The van der Waals surface area contributed by atoms with Crippen molar-refractivity contribution in [3.05, 3.63) is 0 Å². The largest absolute Gasteiger partial charge is 0.481 e. The Kier molecular flexibility index (Phi) is 5.02. The summed E-state index contributed by atoms with van der Waals surface area (Å²) in [5, 5.41) is 12.3. The van der Waals surface area contributed by atoms with E-state index in [0.29, 0.717) is 25.4 Å². The number of nitrogens with zero attached hydrogens (tertiary/aromatic N) is 1. The standard InChI is InChI=1S/C15H26N2O3/c1-12(17-8-4-5-9-17)11-16-13(18)10-15(14(19)20)6-2-3-7-15/h12H,2-11H2,1H3,(H,16,18)(H,19,20). The van der Waals surface area contributed by atoms with Gasteiger partial charge in [-0.1, -0.05) is 12.8 Å². The van der Waals surface area contributed by atoms with Gasteiger partial charge in [0.15, 0.2) is 0 Å². The zero-order chi connectivity index (χ0) is 14.6. The van der Waals surface area contributed by atoms with Gasteiger partial charge in [0, 0.05) is 19.0 Å². The minimum atomic E-state index is -0.808. The van der Waals surface area contributed by atoms with Crippen LogP contribution in [-0.4, -0.2) is 47.6 Å². The number of amides is 1. The number of carboxylic acids is 1. The van der Waals surface area contributed by atoms with E-state index in [1.165, 1.54) is 12.8 Å². The summed E-state index contributed by atoms with van der Waals surface area (Å²) >= 11 is 0. The van der Waals surface area contributed by atoms with Gasteiger partial charge in [-0.15, -0.1) is 0 Å². The lowest BCUT2D eigenvalue weighted by Crippen LogP contribution is -2.42. The van der Waals surface area contributed by atoms with Crippen molar-refractivity contribution in [2.24, 2.45) is 5.41 Å². The van der Waals surface area contributed by atoms with Crippen LogP contribution in [0.3, 0.4) is 0 Å². The van der Waals surface area contributed by atoms with Gasteiger partial charge in [-0.25, -0.2) is 0 Å². The van der Waals surface area contributed by atoms with Crippen molar-refractivity contribution >= 4 is 11.9 Å². The van der Waals surface area contributed by atoms with Crippen LogP contribution in [0.5, 0.6) is 0 Å². The molecule has 1 aliphatic heterocycles. The van der Waals surface area contributed by atoms with Gasteiger partial charge in [0.2, 0.25) is 5.91 Å². The fraction of sp³-hybridized carbons (Fsp3) is 0.867. The lowest BCUT2D eigenvalue weighted by molar-refractivity contribution is -0.151. The fourth-order valence-corrected chi connectivity index (χ4v) is 3.46. The van der Waals surface area contributed by atoms with Gasteiger partial charge < -0.3 is 10.4 Å². The minimum Gasteiger partial charge on any atom is -0.481 e. The third kappa shape index (κ3) is 3.51. The van der Waals surface area contributed by atoms with Crippen LogP contribution in [-0.2, 0) is 9.59 Å². The van der Waals surface area contributed by atoms with Crippen molar-refractivity contribution in [2.75, 3.05) is 19.6 Å². The highest BCUT2D eigenvalue weighted by Gasteiger charge is 2.42. The number of carbonyl (C=O) groups excluding carboxylic acids is 1. The molecule has 0 bridgehead atoms. The zero-order valence-corrected chi connectivity index (χ0v) is 12.4. The topological polar surface area (TPSA) is 69.6 Å². The van der Waals surface area contributed by atoms with Crippen LogP contribution in [0.15, 0.2) is 0 Å². The molecule has 0 aromatic carbocycles. The molecule has 1 atom stereocenters. The van der Waals surface area contributed by atoms with E-state index in [1.807, 2.05) is 0 Å². The van der Waals surface area contributed by atoms with E-state index in [0.717, 1.165) is 25.9 Å². The number of likely N-dealkylation sites (tertiary alicyclic amines) is 1. The van der Waals surface area contributed by atoms with Crippen LogP contribution in [0.1, 0.15) is 51.9 Å². The quantitative estimate of drug-likeness (QED) is 0.777. The van der Waals surface area contributed by atoms with Gasteiger partial charge in [0.05, 0.1) is 5.41 Å². The molecule has 0 spiro atoms. The van der Waals surface area contributed by atoms with Gasteiger partial charge in [-0.3, -0.25) is 14.5 Å². The fourth-order valence-electron chi connectivity index (χ4n) is 3.46. The second-order valence-corrected chi connectivity index (χ2v) is 6.37. The van der Waals surface area contributed by atoms with Crippen LogP contribution >= 0.6 is 0 Å². The van der Waals surface area contributed by atoms with Crippen LogP contribution in [0.2, 0.25) is 0 Å². The van der Waals surface area contributed by atoms with Gasteiger partial charge in [-0.05, 0) is 45.7 Å². The SMILES string of the molecule is CC(CNC(=O)CC1(C(=O)O)CCCC1)N1CCCC1. The number of aliphatic carboxylic acids is 1. The van der Waals surface area contributed by atoms with Crippen LogP contribution in [0.25, 0.3) is 0 Å². The van der Waals surface area contributed by atoms with E-state index in [9.17, 15) is 14.7 Å². The molecule has 0 radical (unpaired) electrons. The van der Waals surface area contributed by atoms with E-state index in [-0.39, 0.29) is 12.3 Å². The van der Waals surface area contributed by atoms with Crippen molar-refractivity contribution in [1.29, 1.82) is 0 Å². The number of hydrogen-bond acceptors (Lipinski definition) is 3. The molecule has 1 unspecified atom stereocenters. The molecule has 1 saturated heterocycles. The predicted molar refractivity (Wildman–Crippen MR) is 76.4 cm³/mol. The third-order valence-electron chi connectivity index (χ3n) is 4.87. The van der Waals surface area contributed by atoms with Gasteiger partial charge in [-0.2, -0.15) is 0 Å². The smallest absolute Gasteiger partial charge is 0.310 e. The Morgan fingerprint density at radius 3 is 2.35 bits per heavy atom. The molecule has 0 aromatic rings. The molecule has 5 heteroatoms. The van der Waals surface area contributed by atoms with Crippen LogP contribution in [0.4, 0.5) is 0 Å². The lowest BCUT2D eigenvalue weighted by Gasteiger charge is -2.26. The number of nitrogens with one attached hydrogen (secondary N) is 1. The minimum absolute atomic E-state index is 0.111. The summed E-state index contributed by atoms with van der Waals surface area (Å²) in [7, 11) is 0. The molecule has 1 heterocycles. The lowest BCUT2D eigenvalue weighted by atomic mass is 9.82. The molecule has 1 saturated carbocycles. The average Bonchev–Trinajstić information content (AvgIpc) is 3.07. The summed E-state index contributed by atoms with van der Waals surface area (Å²) in [6, 6.07) is 0.339. The van der Waals surface area contributed by atoms with Gasteiger partial charge in [0.1, 0.15) is 0 Å². The van der Waals surface area contributed by atoms with E-state index >= 15 is 0 Å². The van der Waals surface area contributed by atoms with Gasteiger partial charge in [0.25, 0.3) is 0 Å². The van der Waals surface area contributed by atoms with Crippen LogP contribution in [0, 0.1) is 5.41 Å². The van der Waals surface area contributed by atoms with Crippen molar-refractivity contribution in [3.8, 4) is 0 Å². The maximum atomic E-state index is 12.0. The number of carboxylic acid groups (broad SMARTS) is 1. The third-order valence-corrected chi connectivity index (χ3v) is 4.87. The average molecular weight is 282 g/mol. The first-order valence-electron chi connectivity index (χ1n) is 7.78. The summed E-state index contributed by atoms with van der Waals surface area (Å²) in [6.45, 7) is 4.95. The first-order valence-corrected chi connectivity index (χ1v) is 7.78. The molecular weight excluding hydrogens is 256 g/mol. The van der Waals surface area contributed by atoms with Crippen molar-refractivity contribution in [1.82, 2.24) is 10.2 Å². The molecule has 2 fully saturated rings. The van der Waals surface area contributed by atoms with E-state index in [4.69, 9.17) is 0 Å². The molecule has 2 rings (SSSR count). The molecule has 114 valence electrons. The molecule has 2 N–H and O–H groups in total. The van der Waals surface area contributed by atoms with E-state index in [2.05, 4.69) is 17.1 Å². The Morgan fingerprint density at radius 1 is 1.20 bits per heavy atom. The highest BCUT2D eigenvalue weighted by molar-refractivity contribution is 5.85. The molecule has 2 aliphatic rings. The van der Waals surface area contributed by atoms with E-state index < -0.39 is 11.4 Å². The maximum Gasteiger partial charge on any atom is 0.310 e. The monoisotopic (exact) mass is 282 g/mol. The summed E-state index contributed by atoms with van der Waals surface area (Å²) < 4.78 is 0. The number of carbonyl (C=O) groups is 2. The first-order chi connectivity index (χ1) is 9.53. The zero-order valence-electron chi connectivity index (χ0n) is 12.4. The first kappa shape index (κ1) is 15.3. The second kappa shape index (κ2) is 6.57. The summed E-state index contributed by atoms with van der Waals surface area (Å²) in [5.41, 5.74) is -0.805. The Hall–Kier alpha value is -1.10. The summed E-state index contributed by atoms with van der Waals surface area (Å²) in [4.78, 5) is 25.8. The number of hydrogen-bond donors (Lipinski definition) is 2. The summed E-state index contributed by atoms with van der Waals surface area (Å²) in [6.07, 6.45) is 5.72.